The van der Waals surface area contributed by atoms with Crippen LogP contribution in [0.25, 0.3) is 10.9 Å². The Balaban J connectivity index is 2.29. The van der Waals surface area contributed by atoms with Gasteiger partial charge in [-0.2, -0.15) is 0 Å². The second-order valence-corrected chi connectivity index (χ2v) is 6.52. The molecule has 0 aliphatic heterocycles. The van der Waals surface area contributed by atoms with Crippen molar-refractivity contribution in [3.8, 4) is 5.75 Å². The Bertz CT molecular complexity index is 956. The van der Waals surface area contributed by atoms with Gasteiger partial charge in [-0.1, -0.05) is 13.0 Å². The second-order valence-electron chi connectivity index (χ2n) is 5.54. The molecular weight excluding hydrogens is 354 g/mol. The van der Waals surface area contributed by atoms with E-state index >= 15 is 0 Å². The van der Waals surface area contributed by atoms with Crippen LogP contribution >= 0.6 is 11.3 Å². The third kappa shape index (κ3) is 3.23. The molecule has 1 amide bonds. The van der Waals surface area contributed by atoms with Crippen molar-refractivity contribution in [2.75, 3.05) is 7.11 Å². The summed E-state index contributed by atoms with van der Waals surface area (Å²) in [5, 5.41) is 16.8. The summed E-state index contributed by atoms with van der Waals surface area (Å²) in [5.74, 6) is 0.259. The molecule has 3 aromatic rings. The van der Waals surface area contributed by atoms with Crippen LogP contribution in [0.3, 0.4) is 0 Å². The van der Waals surface area contributed by atoms with Crippen LogP contribution in [0.1, 0.15) is 29.8 Å². The fraction of sp³-hybridized carbons (Fsp3) is 0.222. The lowest BCUT2D eigenvalue weighted by atomic mass is 9.99. The zero-order valence-electron chi connectivity index (χ0n) is 14.3. The molecular formula is C18H17N3O4S. The number of carbonyl (C=O) groups excluding carboxylic acids is 1. The number of pyridine rings is 1. The van der Waals surface area contributed by atoms with Gasteiger partial charge in [-0.15, -0.1) is 11.3 Å². The van der Waals surface area contributed by atoms with Crippen LogP contribution in [-0.2, 0) is 4.79 Å². The van der Waals surface area contributed by atoms with E-state index in [-0.39, 0.29) is 11.6 Å². The number of carbonyl (C=O) groups is 1. The maximum absolute atomic E-state index is 12.1. The number of nitro benzene ring substituents is 1. The van der Waals surface area contributed by atoms with Crippen molar-refractivity contribution in [1.82, 2.24) is 10.3 Å². The molecule has 1 aromatic carbocycles. The molecule has 0 radical (unpaired) electrons. The standard InChI is InChI=1S/C18H17N3O4S/c1-3-15(22)20-16(14-7-5-9-26-14)12-10-13(21(23)24)11-6-4-8-19-17(11)18(12)25-2/h4-10,16H,3H2,1-2H3,(H,20,22). The smallest absolute Gasteiger partial charge is 0.279 e. The quantitative estimate of drug-likeness (QED) is 0.525. The molecule has 0 fully saturated rings. The number of hydrogen-bond acceptors (Lipinski definition) is 6. The van der Waals surface area contributed by atoms with Crippen LogP contribution in [0.4, 0.5) is 5.69 Å². The van der Waals surface area contributed by atoms with E-state index in [1.807, 2.05) is 17.5 Å². The minimum absolute atomic E-state index is 0.0730. The number of thiophene rings is 1. The van der Waals surface area contributed by atoms with E-state index in [0.717, 1.165) is 4.88 Å². The van der Waals surface area contributed by atoms with Gasteiger partial charge >= 0.3 is 0 Å². The maximum atomic E-state index is 12.1. The van der Waals surface area contributed by atoms with Crippen LogP contribution < -0.4 is 10.1 Å². The van der Waals surface area contributed by atoms with Crippen LogP contribution in [-0.4, -0.2) is 22.9 Å². The van der Waals surface area contributed by atoms with E-state index in [4.69, 9.17) is 4.74 Å². The lowest BCUT2D eigenvalue weighted by Crippen LogP contribution is -2.28. The number of ether oxygens (including phenoxy) is 1. The molecule has 0 aliphatic rings. The molecule has 3 rings (SSSR count). The molecule has 8 heteroatoms. The fourth-order valence-corrected chi connectivity index (χ4v) is 3.61. The summed E-state index contributed by atoms with van der Waals surface area (Å²) in [6.07, 6.45) is 1.86. The molecule has 1 N–H and O–H groups in total. The third-order valence-electron chi connectivity index (χ3n) is 4.02. The number of fused-ring (bicyclic) bond motifs is 1. The molecule has 0 aliphatic carbocycles. The van der Waals surface area contributed by atoms with Gasteiger partial charge in [-0.3, -0.25) is 19.9 Å². The van der Waals surface area contributed by atoms with Gasteiger partial charge in [0, 0.05) is 29.1 Å². The van der Waals surface area contributed by atoms with Gasteiger partial charge in [0.05, 0.1) is 23.5 Å². The lowest BCUT2D eigenvalue weighted by Gasteiger charge is -2.21. The van der Waals surface area contributed by atoms with Crippen molar-refractivity contribution < 1.29 is 14.5 Å². The van der Waals surface area contributed by atoms with Crippen LogP contribution in [0, 0.1) is 10.1 Å². The molecule has 0 spiro atoms. The van der Waals surface area contributed by atoms with Gasteiger partial charge in [-0.25, -0.2) is 0 Å². The number of rotatable bonds is 6. The normalized spacial score (nSPS) is 11.9. The number of amides is 1. The summed E-state index contributed by atoms with van der Waals surface area (Å²) in [7, 11) is 1.49. The van der Waals surface area contributed by atoms with Crippen molar-refractivity contribution in [3.63, 3.8) is 0 Å². The van der Waals surface area contributed by atoms with Gasteiger partial charge < -0.3 is 10.1 Å². The summed E-state index contributed by atoms with van der Waals surface area (Å²) < 4.78 is 5.56. The highest BCUT2D eigenvalue weighted by Crippen LogP contribution is 2.40. The molecule has 7 nitrogen and oxygen atoms in total. The Morgan fingerprint density at radius 3 is 2.85 bits per heavy atom. The van der Waals surface area contributed by atoms with Crippen molar-refractivity contribution in [1.29, 1.82) is 0 Å². The SMILES string of the molecule is CCC(=O)NC(c1cccs1)c1cc([N+](=O)[O-])c2cccnc2c1OC. The van der Waals surface area contributed by atoms with Crippen molar-refractivity contribution in [3.05, 3.63) is 62.5 Å². The number of benzene rings is 1. The summed E-state index contributed by atoms with van der Waals surface area (Å²) in [5.41, 5.74) is 0.831. The minimum Gasteiger partial charge on any atom is -0.494 e. The predicted octanol–water partition coefficient (Wildman–Crippen LogP) is 3.83. The summed E-state index contributed by atoms with van der Waals surface area (Å²) in [6.45, 7) is 1.75. The van der Waals surface area contributed by atoms with Crippen molar-refractivity contribution in [2.45, 2.75) is 19.4 Å². The molecule has 1 unspecified atom stereocenters. The lowest BCUT2D eigenvalue weighted by molar-refractivity contribution is -0.383. The molecule has 134 valence electrons. The number of nitro groups is 1. The van der Waals surface area contributed by atoms with E-state index in [1.165, 1.54) is 24.5 Å². The van der Waals surface area contributed by atoms with Gasteiger partial charge in [0.25, 0.3) is 5.69 Å². The van der Waals surface area contributed by atoms with Gasteiger partial charge in [-0.05, 0) is 23.6 Å². The second kappa shape index (κ2) is 7.49. The van der Waals surface area contributed by atoms with E-state index in [1.54, 1.807) is 25.3 Å². The third-order valence-corrected chi connectivity index (χ3v) is 4.96. The summed E-state index contributed by atoms with van der Waals surface area (Å²) in [6, 6.07) is 7.93. The van der Waals surface area contributed by atoms with Crippen LogP contribution in [0.2, 0.25) is 0 Å². The summed E-state index contributed by atoms with van der Waals surface area (Å²) in [4.78, 5) is 28.4. The average Bonchev–Trinajstić information content (AvgIpc) is 3.18. The molecule has 26 heavy (non-hydrogen) atoms. The first-order valence-corrected chi connectivity index (χ1v) is 8.87. The molecule has 0 saturated heterocycles. The zero-order valence-corrected chi connectivity index (χ0v) is 15.1. The van der Waals surface area contributed by atoms with Gasteiger partial charge in [0.15, 0.2) is 5.75 Å². The van der Waals surface area contributed by atoms with E-state index in [9.17, 15) is 14.9 Å². The Morgan fingerprint density at radius 1 is 1.42 bits per heavy atom. The first-order valence-electron chi connectivity index (χ1n) is 7.99. The Kier molecular flexibility index (Phi) is 5.13. The topological polar surface area (TPSA) is 94.4 Å². The minimum atomic E-state index is -0.553. The fourth-order valence-electron chi connectivity index (χ4n) is 2.82. The Labute approximate surface area is 153 Å². The first-order chi connectivity index (χ1) is 12.6. The molecule has 1 atom stereocenters. The van der Waals surface area contributed by atoms with Crippen molar-refractivity contribution >= 4 is 33.8 Å². The molecule has 0 saturated carbocycles. The monoisotopic (exact) mass is 371 g/mol. The van der Waals surface area contributed by atoms with Crippen molar-refractivity contribution in [2.24, 2.45) is 0 Å². The summed E-state index contributed by atoms with van der Waals surface area (Å²) >= 11 is 1.46. The Morgan fingerprint density at radius 2 is 2.23 bits per heavy atom. The van der Waals surface area contributed by atoms with E-state index in [2.05, 4.69) is 10.3 Å². The number of methoxy groups -OCH3 is 1. The van der Waals surface area contributed by atoms with Crippen LogP contribution in [0.5, 0.6) is 5.75 Å². The molecule has 2 aromatic heterocycles. The zero-order chi connectivity index (χ0) is 18.7. The van der Waals surface area contributed by atoms with Gasteiger partial charge in [0.2, 0.25) is 5.91 Å². The highest BCUT2D eigenvalue weighted by molar-refractivity contribution is 7.10. The first kappa shape index (κ1) is 17.8. The van der Waals surface area contributed by atoms with Gasteiger partial charge in [0.1, 0.15) is 5.52 Å². The Hall–Kier alpha value is -3.00. The number of hydrogen-bond donors (Lipinski definition) is 1. The number of non-ortho nitro benzene ring substituents is 1. The molecule has 0 bridgehead atoms. The maximum Gasteiger partial charge on any atom is 0.279 e. The van der Waals surface area contributed by atoms with E-state index < -0.39 is 11.0 Å². The van der Waals surface area contributed by atoms with Crippen LogP contribution in [0.15, 0.2) is 41.9 Å². The highest BCUT2D eigenvalue weighted by Gasteiger charge is 2.27. The number of nitrogens with one attached hydrogen (secondary N) is 1. The van der Waals surface area contributed by atoms with E-state index in [0.29, 0.717) is 28.6 Å². The highest BCUT2D eigenvalue weighted by atomic mass is 32.1. The predicted molar refractivity (Wildman–Crippen MR) is 99.5 cm³/mol. The number of aromatic nitrogens is 1. The largest absolute Gasteiger partial charge is 0.494 e. The number of nitrogens with zero attached hydrogens (tertiary/aromatic N) is 2. The average molecular weight is 371 g/mol. The molecule has 2 heterocycles.